The summed E-state index contributed by atoms with van der Waals surface area (Å²) < 4.78 is 6.15. The molecular weight excluding hydrogens is 358 g/mol. The largest absolute Gasteiger partial charge is 0.438 e. The van der Waals surface area contributed by atoms with Crippen molar-refractivity contribution in [3.8, 4) is 11.6 Å². The van der Waals surface area contributed by atoms with Crippen LogP contribution in [0.25, 0.3) is 10.2 Å². The predicted molar refractivity (Wildman–Crippen MR) is 108 cm³/mol. The van der Waals surface area contributed by atoms with Gasteiger partial charge >= 0.3 is 0 Å². The van der Waals surface area contributed by atoms with E-state index < -0.39 is 0 Å². The number of ketones is 1. The molecule has 0 amide bonds. The van der Waals surface area contributed by atoms with Crippen molar-refractivity contribution in [1.29, 1.82) is 0 Å². The van der Waals surface area contributed by atoms with Crippen LogP contribution in [0.5, 0.6) is 11.6 Å². The number of thiophene rings is 1. The Morgan fingerprint density at radius 3 is 2.52 bits per heavy atom. The van der Waals surface area contributed by atoms with Crippen LogP contribution in [0, 0.1) is 13.8 Å². The van der Waals surface area contributed by atoms with E-state index in [2.05, 4.69) is 18.7 Å². The van der Waals surface area contributed by atoms with Gasteiger partial charge in [-0.25, -0.2) is 4.98 Å². The number of benzene rings is 1. The summed E-state index contributed by atoms with van der Waals surface area (Å²) in [7, 11) is 0. The zero-order valence-corrected chi connectivity index (χ0v) is 16.7. The fourth-order valence-electron chi connectivity index (χ4n) is 3.41. The Labute approximate surface area is 163 Å². The van der Waals surface area contributed by atoms with Gasteiger partial charge in [-0.2, -0.15) is 4.98 Å². The highest BCUT2D eigenvalue weighted by molar-refractivity contribution is 7.18. The number of hydrogen-bond donors (Lipinski definition) is 0. The van der Waals surface area contributed by atoms with Crippen LogP contribution in [0.3, 0.4) is 0 Å². The Kier molecular flexibility index (Phi) is 4.93. The topological polar surface area (TPSA) is 55.3 Å². The van der Waals surface area contributed by atoms with Gasteiger partial charge in [0.1, 0.15) is 16.4 Å². The average molecular weight is 382 g/mol. The summed E-state index contributed by atoms with van der Waals surface area (Å²) in [6.45, 7) is 8.72. The van der Waals surface area contributed by atoms with Gasteiger partial charge in [0.05, 0.1) is 11.9 Å². The lowest BCUT2D eigenvalue weighted by atomic mass is 10.1. The average Bonchev–Trinajstić information content (AvgIpc) is 3.24. The quantitative estimate of drug-likeness (QED) is 0.589. The third kappa shape index (κ3) is 3.73. The molecule has 140 valence electrons. The Hall–Kier alpha value is -2.31. The normalized spacial score (nSPS) is 14.8. The van der Waals surface area contributed by atoms with Crippen molar-refractivity contribution in [1.82, 2.24) is 14.9 Å². The van der Waals surface area contributed by atoms with E-state index in [9.17, 15) is 4.79 Å². The molecular formula is C21H23N3O2S. The number of ether oxygens (including phenoxy) is 1. The van der Waals surface area contributed by atoms with Crippen LogP contribution in [0.2, 0.25) is 0 Å². The zero-order valence-electron chi connectivity index (χ0n) is 15.9. The van der Waals surface area contributed by atoms with Gasteiger partial charge in [-0.15, -0.1) is 11.3 Å². The second-order valence-corrected chi connectivity index (χ2v) is 8.28. The minimum atomic E-state index is 0.0446. The van der Waals surface area contributed by atoms with Crippen molar-refractivity contribution in [3.63, 3.8) is 0 Å². The standard InChI is InChI=1S/C21H23N3O2S/c1-13-15(3)27-21-19(13)20(22-18(23-21)12-24-10-4-5-11-24)26-17-8-6-16(7-9-17)14(2)25/h6-9H,4-5,10-12H2,1-3H3. The summed E-state index contributed by atoms with van der Waals surface area (Å²) in [5, 5.41) is 0.985. The van der Waals surface area contributed by atoms with Crippen molar-refractivity contribution in [3.05, 3.63) is 46.1 Å². The molecule has 0 aliphatic carbocycles. The molecule has 0 radical (unpaired) electrons. The SMILES string of the molecule is CC(=O)c1ccc(Oc2nc(CN3CCCC3)nc3sc(C)c(C)c23)cc1. The zero-order chi connectivity index (χ0) is 19.0. The maximum Gasteiger partial charge on any atom is 0.231 e. The summed E-state index contributed by atoms with van der Waals surface area (Å²) in [5.74, 6) is 2.13. The molecule has 2 aromatic heterocycles. The Morgan fingerprint density at radius 1 is 1.15 bits per heavy atom. The van der Waals surface area contributed by atoms with Crippen molar-refractivity contribution >= 4 is 27.3 Å². The molecule has 1 saturated heterocycles. The van der Waals surface area contributed by atoms with Crippen LogP contribution < -0.4 is 4.74 Å². The van der Waals surface area contributed by atoms with Crippen LogP contribution in [-0.2, 0) is 6.54 Å². The lowest BCUT2D eigenvalue weighted by molar-refractivity contribution is 0.101. The first kappa shape index (κ1) is 18.1. The molecule has 1 aliphatic rings. The van der Waals surface area contributed by atoms with Gasteiger partial charge in [-0.05, 0) is 76.5 Å². The number of hydrogen-bond acceptors (Lipinski definition) is 6. The highest BCUT2D eigenvalue weighted by Gasteiger charge is 2.19. The van der Waals surface area contributed by atoms with Crippen molar-refractivity contribution in [2.24, 2.45) is 0 Å². The third-order valence-electron chi connectivity index (χ3n) is 5.08. The number of aryl methyl sites for hydroxylation is 2. The van der Waals surface area contributed by atoms with Crippen molar-refractivity contribution < 1.29 is 9.53 Å². The van der Waals surface area contributed by atoms with Gasteiger partial charge in [0, 0.05) is 10.4 Å². The van der Waals surface area contributed by atoms with E-state index in [1.54, 1.807) is 30.4 Å². The molecule has 5 nitrogen and oxygen atoms in total. The molecule has 3 aromatic rings. The molecule has 4 rings (SSSR count). The molecule has 0 spiro atoms. The second kappa shape index (κ2) is 7.37. The summed E-state index contributed by atoms with van der Waals surface area (Å²) >= 11 is 1.69. The number of likely N-dealkylation sites (tertiary alicyclic amines) is 1. The molecule has 1 fully saturated rings. The minimum absolute atomic E-state index is 0.0446. The maximum absolute atomic E-state index is 11.5. The molecule has 1 aliphatic heterocycles. The van der Waals surface area contributed by atoms with Crippen LogP contribution in [-0.4, -0.2) is 33.7 Å². The summed E-state index contributed by atoms with van der Waals surface area (Å²) in [5.41, 5.74) is 1.84. The fourth-order valence-corrected chi connectivity index (χ4v) is 4.45. The Balaban J connectivity index is 1.71. The summed E-state index contributed by atoms with van der Waals surface area (Å²) in [4.78, 5) is 25.6. The van der Waals surface area contributed by atoms with Crippen LogP contribution in [0.1, 0.15) is 46.4 Å². The number of Topliss-reactive ketones (excluding diaryl/α,β-unsaturated/α-hetero) is 1. The van der Waals surface area contributed by atoms with Gasteiger partial charge < -0.3 is 4.74 Å². The number of carbonyl (C=O) groups is 1. The number of carbonyl (C=O) groups excluding carboxylic acids is 1. The molecule has 0 N–H and O–H groups in total. The van der Waals surface area contributed by atoms with E-state index in [1.165, 1.54) is 17.7 Å². The third-order valence-corrected chi connectivity index (χ3v) is 6.18. The second-order valence-electron chi connectivity index (χ2n) is 7.07. The molecule has 0 saturated carbocycles. The number of nitrogens with zero attached hydrogens (tertiary/aromatic N) is 3. The highest BCUT2D eigenvalue weighted by atomic mass is 32.1. The fraction of sp³-hybridized carbons (Fsp3) is 0.381. The van der Waals surface area contributed by atoms with Crippen molar-refractivity contribution in [2.75, 3.05) is 13.1 Å². The van der Waals surface area contributed by atoms with Crippen LogP contribution in [0.15, 0.2) is 24.3 Å². The Bertz CT molecular complexity index is 989. The van der Waals surface area contributed by atoms with E-state index in [-0.39, 0.29) is 5.78 Å². The molecule has 0 atom stereocenters. The molecule has 27 heavy (non-hydrogen) atoms. The van der Waals surface area contributed by atoms with E-state index in [0.29, 0.717) is 17.2 Å². The molecule has 1 aromatic carbocycles. The summed E-state index contributed by atoms with van der Waals surface area (Å²) in [6.07, 6.45) is 2.48. The first-order chi connectivity index (χ1) is 13.0. The van der Waals surface area contributed by atoms with E-state index in [4.69, 9.17) is 14.7 Å². The van der Waals surface area contributed by atoms with Gasteiger partial charge in [0.15, 0.2) is 5.78 Å². The van der Waals surface area contributed by atoms with E-state index in [1.807, 2.05) is 12.1 Å². The van der Waals surface area contributed by atoms with Crippen LogP contribution in [0.4, 0.5) is 0 Å². The van der Waals surface area contributed by atoms with Gasteiger partial charge in [-0.1, -0.05) is 0 Å². The smallest absolute Gasteiger partial charge is 0.231 e. The number of fused-ring (bicyclic) bond motifs is 1. The molecule has 3 heterocycles. The Morgan fingerprint density at radius 2 is 1.85 bits per heavy atom. The van der Waals surface area contributed by atoms with Gasteiger partial charge in [-0.3, -0.25) is 9.69 Å². The van der Waals surface area contributed by atoms with E-state index in [0.717, 1.165) is 41.2 Å². The minimum Gasteiger partial charge on any atom is -0.438 e. The van der Waals surface area contributed by atoms with Crippen molar-refractivity contribution in [2.45, 2.75) is 40.2 Å². The van der Waals surface area contributed by atoms with Gasteiger partial charge in [0.25, 0.3) is 0 Å². The molecule has 0 bridgehead atoms. The van der Waals surface area contributed by atoms with Gasteiger partial charge in [0.2, 0.25) is 5.88 Å². The number of rotatable bonds is 5. The highest BCUT2D eigenvalue weighted by Crippen LogP contribution is 2.36. The van der Waals surface area contributed by atoms with Crippen LogP contribution >= 0.6 is 11.3 Å². The molecule has 0 unspecified atom stereocenters. The monoisotopic (exact) mass is 381 g/mol. The lowest BCUT2D eigenvalue weighted by Crippen LogP contribution is -2.20. The first-order valence-electron chi connectivity index (χ1n) is 9.29. The predicted octanol–water partition coefficient (Wildman–Crippen LogP) is 4.90. The molecule has 6 heteroatoms. The summed E-state index contributed by atoms with van der Waals surface area (Å²) in [6, 6.07) is 7.21. The van der Waals surface area contributed by atoms with E-state index >= 15 is 0 Å². The first-order valence-corrected chi connectivity index (χ1v) is 10.1. The lowest BCUT2D eigenvalue weighted by Gasteiger charge is -2.14. The maximum atomic E-state index is 11.5. The number of aromatic nitrogens is 2.